The molecule has 3 amide bonds. The number of nitrogens with one attached hydrogen (secondary N) is 1. The second kappa shape index (κ2) is 5.95. The van der Waals surface area contributed by atoms with E-state index < -0.39 is 11.9 Å². The monoisotopic (exact) mass is 313 g/mol. The Balaban J connectivity index is 1.99. The van der Waals surface area contributed by atoms with Crippen LogP contribution in [0.2, 0.25) is 0 Å². The van der Waals surface area contributed by atoms with E-state index in [2.05, 4.69) is 10.3 Å². The number of nitrogens with zero attached hydrogens (tertiary/aromatic N) is 2. The molecule has 6 heteroatoms. The van der Waals surface area contributed by atoms with Gasteiger partial charge in [0, 0.05) is 12.8 Å². The van der Waals surface area contributed by atoms with Gasteiger partial charge in [0.05, 0.1) is 5.69 Å². The highest BCUT2D eigenvalue weighted by Crippen LogP contribution is 2.28. The Bertz CT molecular complexity index is 724. The fourth-order valence-corrected chi connectivity index (χ4v) is 3.21. The first kappa shape index (κ1) is 15.4. The van der Waals surface area contributed by atoms with Crippen molar-refractivity contribution in [1.82, 2.24) is 10.2 Å². The number of hydrogen-bond donors (Lipinski definition) is 1. The highest BCUT2D eigenvalue weighted by molar-refractivity contribution is 6.07. The number of aliphatic imine (C=N–C) groups is 1. The molecule has 1 unspecified atom stereocenters. The maximum Gasteiger partial charge on any atom is 0.249 e. The van der Waals surface area contributed by atoms with E-state index in [-0.39, 0.29) is 18.2 Å². The number of carbonyl (C=O) groups excluding carboxylic acids is 3. The van der Waals surface area contributed by atoms with Gasteiger partial charge in [-0.1, -0.05) is 12.1 Å². The summed E-state index contributed by atoms with van der Waals surface area (Å²) in [5, 5.41) is 2.31. The lowest BCUT2D eigenvalue weighted by Crippen LogP contribution is -2.56. The summed E-state index contributed by atoms with van der Waals surface area (Å²) in [5.74, 6) is -0.346. The lowest BCUT2D eigenvalue weighted by molar-refractivity contribution is -0.142. The molecule has 1 N–H and O–H groups in total. The molecule has 1 fully saturated rings. The Labute approximate surface area is 134 Å². The first-order valence-electron chi connectivity index (χ1n) is 7.77. The first-order valence-corrected chi connectivity index (χ1v) is 7.77. The molecule has 0 aromatic heterocycles. The number of hydrogen-bond acceptors (Lipinski definition) is 4. The van der Waals surface area contributed by atoms with Crippen molar-refractivity contribution in [3.05, 3.63) is 29.3 Å². The average molecular weight is 313 g/mol. The fourth-order valence-electron chi connectivity index (χ4n) is 3.21. The summed E-state index contributed by atoms with van der Waals surface area (Å²) in [7, 11) is 0. The number of fused-ring (bicyclic) bond motifs is 1. The van der Waals surface area contributed by atoms with Crippen LogP contribution in [0.4, 0.5) is 5.69 Å². The minimum Gasteiger partial charge on any atom is -0.295 e. The van der Waals surface area contributed by atoms with E-state index in [1.165, 1.54) is 4.90 Å². The zero-order valence-corrected chi connectivity index (χ0v) is 13.3. The predicted octanol–water partition coefficient (Wildman–Crippen LogP) is 1.62. The number of amidine groups is 1. The van der Waals surface area contributed by atoms with Crippen LogP contribution in [0.15, 0.2) is 23.2 Å². The van der Waals surface area contributed by atoms with Gasteiger partial charge < -0.3 is 0 Å². The molecule has 23 heavy (non-hydrogen) atoms. The number of benzene rings is 1. The van der Waals surface area contributed by atoms with Crippen LogP contribution >= 0.6 is 0 Å². The van der Waals surface area contributed by atoms with Gasteiger partial charge in [-0.25, -0.2) is 4.99 Å². The minimum atomic E-state index is -0.657. The van der Waals surface area contributed by atoms with Gasteiger partial charge >= 0.3 is 0 Å². The molecule has 6 nitrogen and oxygen atoms in total. The molecule has 0 spiro atoms. The quantitative estimate of drug-likeness (QED) is 0.800. The standard InChI is InChI=1S/C17H19N3O3/c1-10-4-3-5-13-12(10)6-9-16(22)20(11(2)18-13)14-7-8-15(21)19-17(14)23/h3-5,14H,6-9H2,1-2H3,(H,19,21,23). The number of piperidine rings is 1. The minimum absolute atomic E-state index is 0.130. The van der Waals surface area contributed by atoms with Crippen LogP contribution in [0, 0.1) is 6.92 Å². The maximum atomic E-state index is 12.6. The Morgan fingerprint density at radius 2 is 1.91 bits per heavy atom. The molecular weight excluding hydrogens is 294 g/mol. The predicted molar refractivity (Wildman–Crippen MR) is 85.3 cm³/mol. The fraction of sp³-hybridized carbons (Fsp3) is 0.412. The molecule has 0 aliphatic carbocycles. The first-order chi connectivity index (χ1) is 11.0. The molecule has 0 bridgehead atoms. The van der Waals surface area contributed by atoms with Gasteiger partial charge in [-0.05, 0) is 43.9 Å². The highest BCUT2D eigenvalue weighted by atomic mass is 16.2. The maximum absolute atomic E-state index is 12.6. The number of amides is 3. The number of aryl methyl sites for hydroxylation is 1. The van der Waals surface area contributed by atoms with Crippen LogP contribution in [0.5, 0.6) is 0 Å². The SMILES string of the molecule is CC1=Nc2cccc(C)c2CCC(=O)N1C1CCC(=O)NC1=O. The van der Waals surface area contributed by atoms with E-state index in [0.717, 1.165) is 16.8 Å². The van der Waals surface area contributed by atoms with Crippen LogP contribution in [0.25, 0.3) is 0 Å². The summed E-state index contributed by atoms with van der Waals surface area (Å²) in [6.45, 7) is 3.74. The van der Waals surface area contributed by atoms with Crippen molar-refractivity contribution >= 4 is 29.2 Å². The highest BCUT2D eigenvalue weighted by Gasteiger charge is 2.36. The molecule has 2 heterocycles. The topological polar surface area (TPSA) is 78.8 Å². The lowest BCUT2D eigenvalue weighted by Gasteiger charge is -2.33. The third-order valence-corrected chi connectivity index (χ3v) is 4.40. The van der Waals surface area contributed by atoms with Crippen molar-refractivity contribution < 1.29 is 14.4 Å². The normalized spacial score (nSPS) is 22.0. The van der Waals surface area contributed by atoms with Crippen LogP contribution in [0.1, 0.15) is 37.3 Å². The van der Waals surface area contributed by atoms with Crippen molar-refractivity contribution in [2.75, 3.05) is 0 Å². The Kier molecular flexibility index (Phi) is 3.98. The van der Waals surface area contributed by atoms with E-state index >= 15 is 0 Å². The van der Waals surface area contributed by atoms with E-state index in [9.17, 15) is 14.4 Å². The van der Waals surface area contributed by atoms with Gasteiger partial charge in [-0.15, -0.1) is 0 Å². The molecule has 2 aliphatic heterocycles. The van der Waals surface area contributed by atoms with Crippen molar-refractivity contribution in [3.8, 4) is 0 Å². The number of carbonyl (C=O) groups is 3. The average Bonchev–Trinajstić information content (AvgIpc) is 2.48. The third-order valence-electron chi connectivity index (χ3n) is 4.40. The van der Waals surface area contributed by atoms with Crippen LogP contribution in [-0.4, -0.2) is 34.5 Å². The van der Waals surface area contributed by atoms with Gasteiger partial charge in [0.25, 0.3) is 0 Å². The molecule has 0 saturated carbocycles. The second-order valence-corrected chi connectivity index (χ2v) is 5.96. The molecule has 0 radical (unpaired) electrons. The smallest absolute Gasteiger partial charge is 0.249 e. The number of rotatable bonds is 1. The molecule has 2 aliphatic rings. The molecular formula is C17H19N3O3. The van der Waals surface area contributed by atoms with Gasteiger partial charge in [0.2, 0.25) is 17.7 Å². The van der Waals surface area contributed by atoms with E-state index in [0.29, 0.717) is 25.1 Å². The molecule has 120 valence electrons. The van der Waals surface area contributed by atoms with Crippen molar-refractivity contribution in [3.63, 3.8) is 0 Å². The summed E-state index contributed by atoms with van der Waals surface area (Å²) in [4.78, 5) is 42.1. The Morgan fingerprint density at radius 3 is 2.65 bits per heavy atom. The van der Waals surface area contributed by atoms with Gasteiger partial charge in [0.1, 0.15) is 11.9 Å². The number of imide groups is 1. The molecule has 1 aromatic carbocycles. The summed E-state index contributed by atoms with van der Waals surface area (Å²) >= 11 is 0. The Morgan fingerprint density at radius 1 is 1.13 bits per heavy atom. The largest absolute Gasteiger partial charge is 0.295 e. The zero-order valence-electron chi connectivity index (χ0n) is 13.3. The summed E-state index contributed by atoms with van der Waals surface area (Å²) in [6.07, 6.45) is 1.50. The van der Waals surface area contributed by atoms with Crippen molar-refractivity contribution in [2.45, 2.75) is 45.6 Å². The van der Waals surface area contributed by atoms with Crippen LogP contribution < -0.4 is 5.32 Å². The zero-order chi connectivity index (χ0) is 16.6. The molecule has 3 rings (SSSR count). The molecule has 1 saturated heterocycles. The van der Waals surface area contributed by atoms with Gasteiger partial charge in [-0.2, -0.15) is 0 Å². The lowest BCUT2D eigenvalue weighted by atomic mass is 9.98. The van der Waals surface area contributed by atoms with E-state index in [1.54, 1.807) is 6.92 Å². The van der Waals surface area contributed by atoms with Crippen LogP contribution in [0.3, 0.4) is 0 Å². The summed E-state index contributed by atoms with van der Waals surface area (Å²) < 4.78 is 0. The Hall–Kier alpha value is -2.50. The summed E-state index contributed by atoms with van der Waals surface area (Å²) in [5.41, 5.74) is 3.02. The van der Waals surface area contributed by atoms with E-state index in [1.807, 2.05) is 25.1 Å². The van der Waals surface area contributed by atoms with E-state index in [4.69, 9.17) is 0 Å². The van der Waals surface area contributed by atoms with Crippen molar-refractivity contribution in [2.24, 2.45) is 4.99 Å². The molecule has 1 atom stereocenters. The van der Waals surface area contributed by atoms with Gasteiger partial charge in [-0.3, -0.25) is 24.6 Å². The molecule has 1 aromatic rings. The van der Waals surface area contributed by atoms with Gasteiger partial charge in [0.15, 0.2) is 0 Å². The van der Waals surface area contributed by atoms with Crippen molar-refractivity contribution in [1.29, 1.82) is 0 Å². The van der Waals surface area contributed by atoms with Crippen LogP contribution in [-0.2, 0) is 20.8 Å². The second-order valence-electron chi connectivity index (χ2n) is 5.96. The third kappa shape index (κ3) is 2.88. The summed E-state index contributed by atoms with van der Waals surface area (Å²) in [6, 6.07) is 5.21.